The molecule has 0 heterocycles. The maximum atomic E-state index is 10.4. The highest BCUT2D eigenvalue weighted by atomic mass is 16.5. The van der Waals surface area contributed by atoms with E-state index < -0.39 is 17.8 Å². The van der Waals surface area contributed by atoms with Crippen LogP contribution >= 0.6 is 0 Å². The number of rotatable bonds is 5. The van der Waals surface area contributed by atoms with E-state index in [9.17, 15) is 4.79 Å². The van der Waals surface area contributed by atoms with Gasteiger partial charge in [0.15, 0.2) is 0 Å². The quantitative estimate of drug-likeness (QED) is 0.593. The van der Waals surface area contributed by atoms with E-state index in [1.54, 1.807) is 12.1 Å². The second-order valence-electron chi connectivity index (χ2n) is 3.23. The van der Waals surface area contributed by atoms with Gasteiger partial charge in [-0.15, -0.1) is 0 Å². The van der Waals surface area contributed by atoms with Gasteiger partial charge in [0.1, 0.15) is 11.9 Å². The topological polar surface area (TPSA) is 66.8 Å². The molecule has 1 aromatic carbocycles. The van der Waals surface area contributed by atoms with Crippen molar-refractivity contribution in [1.29, 1.82) is 0 Å². The van der Waals surface area contributed by atoms with Crippen LogP contribution in [0.4, 0.5) is 0 Å². The van der Waals surface area contributed by atoms with Gasteiger partial charge < -0.3 is 14.9 Å². The van der Waals surface area contributed by atoms with Crippen LogP contribution in [0.25, 0.3) is 0 Å². The number of hydrogen-bond acceptors (Lipinski definition) is 3. The standard InChI is InChI=1S/C12H14O4/c1-2-9(8-11(13)12(14)15)16-10-6-4-3-5-7-10/h3-9,13H,2H2,1H3,(H,14,15)/b11-8-. The zero-order valence-corrected chi connectivity index (χ0v) is 8.96. The molecule has 0 spiro atoms. The summed E-state index contributed by atoms with van der Waals surface area (Å²) in [7, 11) is 0. The minimum Gasteiger partial charge on any atom is -0.502 e. The maximum absolute atomic E-state index is 10.4. The SMILES string of the molecule is CCC(/C=C(\O)C(=O)O)Oc1ccccc1. The Kier molecular flexibility index (Phi) is 4.39. The van der Waals surface area contributed by atoms with Gasteiger partial charge in [-0.05, 0) is 18.6 Å². The summed E-state index contributed by atoms with van der Waals surface area (Å²) in [6.07, 6.45) is 1.32. The Bertz CT molecular complexity index is 370. The van der Waals surface area contributed by atoms with Crippen molar-refractivity contribution in [2.75, 3.05) is 0 Å². The largest absolute Gasteiger partial charge is 0.502 e. The number of benzene rings is 1. The van der Waals surface area contributed by atoms with Crippen molar-refractivity contribution in [3.63, 3.8) is 0 Å². The summed E-state index contributed by atoms with van der Waals surface area (Å²) < 4.78 is 5.48. The highest BCUT2D eigenvalue weighted by molar-refractivity contribution is 5.83. The molecule has 1 aromatic rings. The van der Waals surface area contributed by atoms with Crippen molar-refractivity contribution >= 4 is 5.97 Å². The molecule has 2 N–H and O–H groups in total. The van der Waals surface area contributed by atoms with Crippen molar-refractivity contribution in [1.82, 2.24) is 0 Å². The number of aliphatic hydroxyl groups excluding tert-OH is 1. The first-order chi connectivity index (χ1) is 7.63. The van der Waals surface area contributed by atoms with Gasteiger partial charge in [0.2, 0.25) is 5.76 Å². The lowest BCUT2D eigenvalue weighted by Gasteiger charge is -2.13. The number of hydrogen-bond donors (Lipinski definition) is 2. The molecule has 86 valence electrons. The fraction of sp³-hybridized carbons (Fsp3) is 0.250. The molecule has 0 amide bonds. The molecule has 0 aliphatic rings. The monoisotopic (exact) mass is 222 g/mol. The highest BCUT2D eigenvalue weighted by Gasteiger charge is 2.10. The Morgan fingerprint density at radius 3 is 2.50 bits per heavy atom. The third kappa shape index (κ3) is 3.65. The second-order valence-corrected chi connectivity index (χ2v) is 3.23. The van der Waals surface area contributed by atoms with Gasteiger partial charge in [-0.25, -0.2) is 4.79 Å². The number of ether oxygens (including phenoxy) is 1. The van der Waals surface area contributed by atoms with Crippen LogP contribution in [0.3, 0.4) is 0 Å². The molecule has 0 saturated heterocycles. The molecule has 0 aromatic heterocycles. The third-order valence-electron chi connectivity index (χ3n) is 2.00. The zero-order valence-electron chi connectivity index (χ0n) is 8.96. The maximum Gasteiger partial charge on any atom is 0.370 e. The lowest BCUT2D eigenvalue weighted by Crippen LogP contribution is -2.15. The second kappa shape index (κ2) is 5.80. The molecular weight excluding hydrogens is 208 g/mol. The van der Waals surface area contributed by atoms with E-state index in [1.807, 2.05) is 25.1 Å². The zero-order chi connectivity index (χ0) is 12.0. The molecule has 4 nitrogen and oxygen atoms in total. The van der Waals surface area contributed by atoms with Crippen molar-refractivity contribution < 1.29 is 19.7 Å². The molecule has 0 aliphatic carbocycles. The fourth-order valence-electron chi connectivity index (χ4n) is 1.16. The third-order valence-corrected chi connectivity index (χ3v) is 2.00. The molecule has 0 saturated carbocycles. The van der Waals surface area contributed by atoms with Crippen LogP contribution in [-0.2, 0) is 4.79 Å². The van der Waals surface area contributed by atoms with E-state index in [-0.39, 0.29) is 0 Å². The van der Waals surface area contributed by atoms with Gasteiger partial charge >= 0.3 is 5.97 Å². The van der Waals surface area contributed by atoms with Gasteiger partial charge in [-0.1, -0.05) is 25.1 Å². The molecule has 16 heavy (non-hydrogen) atoms. The molecular formula is C12H14O4. The normalized spacial score (nSPS) is 13.2. The Labute approximate surface area is 93.8 Å². The first-order valence-electron chi connectivity index (χ1n) is 4.99. The summed E-state index contributed by atoms with van der Waals surface area (Å²) in [5, 5.41) is 17.6. The van der Waals surface area contributed by atoms with Crippen LogP contribution in [0.5, 0.6) is 5.75 Å². The minimum absolute atomic E-state index is 0.446. The summed E-state index contributed by atoms with van der Waals surface area (Å²) >= 11 is 0. The number of aliphatic hydroxyl groups is 1. The average Bonchev–Trinajstić information content (AvgIpc) is 2.29. The summed E-state index contributed by atoms with van der Waals surface area (Å²) in [5.74, 6) is -1.40. The lowest BCUT2D eigenvalue weighted by molar-refractivity contribution is -0.135. The van der Waals surface area contributed by atoms with Gasteiger partial charge in [0, 0.05) is 6.08 Å². The Morgan fingerprint density at radius 1 is 1.38 bits per heavy atom. The van der Waals surface area contributed by atoms with Crippen LogP contribution < -0.4 is 4.74 Å². The van der Waals surface area contributed by atoms with Crippen molar-refractivity contribution in [2.45, 2.75) is 19.4 Å². The number of para-hydroxylation sites is 1. The van der Waals surface area contributed by atoms with Crippen LogP contribution in [0.1, 0.15) is 13.3 Å². The van der Waals surface area contributed by atoms with E-state index in [2.05, 4.69) is 0 Å². The summed E-state index contributed by atoms with van der Waals surface area (Å²) in [4.78, 5) is 10.4. The van der Waals surface area contributed by atoms with Crippen LogP contribution in [0, 0.1) is 0 Å². The first-order valence-corrected chi connectivity index (χ1v) is 4.99. The number of carboxylic acids is 1. The van der Waals surface area contributed by atoms with Crippen molar-refractivity contribution in [2.24, 2.45) is 0 Å². The Hall–Kier alpha value is -1.97. The van der Waals surface area contributed by atoms with Crippen LogP contribution in [0.15, 0.2) is 42.2 Å². The lowest BCUT2D eigenvalue weighted by atomic mass is 10.2. The average molecular weight is 222 g/mol. The van der Waals surface area contributed by atoms with Crippen LogP contribution in [0.2, 0.25) is 0 Å². The molecule has 1 rings (SSSR count). The first kappa shape index (κ1) is 12.1. The summed E-state index contributed by atoms with van der Waals surface area (Å²) in [5.41, 5.74) is 0. The minimum atomic E-state index is -1.35. The predicted octanol–water partition coefficient (Wildman–Crippen LogP) is 2.37. The van der Waals surface area contributed by atoms with E-state index in [4.69, 9.17) is 14.9 Å². The summed E-state index contributed by atoms with van der Waals surface area (Å²) in [6, 6.07) is 9.05. The molecule has 1 unspecified atom stereocenters. The van der Waals surface area contributed by atoms with E-state index in [0.29, 0.717) is 12.2 Å². The number of carboxylic acid groups (broad SMARTS) is 1. The van der Waals surface area contributed by atoms with Crippen molar-refractivity contribution in [3.05, 3.63) is 42.2 Å². The van der Waals surface area contributed by atoms with Crippen molar-refractivity contribution in [3.8, 4) is 5.75 Å². The highest BCUT2D eigenvalue weighted by Crippen LogP contribution is 2.13. The van der Waals surface area contributed by atoms with Crippen LogP contribution in [-0.4, -0.2) is 22.3 Å². The van der Waals surface area contributed by atoms with Gasteiger partial charge in [-0.3, -0.25) is 0 Å². The number of carbonyl (C=O) groups is 1. The van der Waals surface area contributed by atoms with E-state index in [0.717, 1.165) is 0 Å². The predicted molar refractivity (Wildman–Crippen MR) is 59.5 cm³/mol. The van der Waals surface area contributed by atoms with Gasteiger partial charge in [0.25, 0.3) is 0 Å². The fourth-order valence-corrected chi connectivity index (χ4v) is 1.16. The van der Waals surface area contributed by atoms with E-state index >= 15 is 0 Å². The Balaban J connectivity index is 2.70. The molecule has 0 radical (unpaired) electrons. The van der Waals surface area contributed by atoms with E-state index in [1.165, 1.54) is 6.08 Å². The molecule has 0 fully saturated rings. The Morgan fingerprint density at radius 2 is 2.00 bits per heavy atom. The molecule has 0 aliphatic heterocycles. The molecule has 1 atom stereocenters. The van der Waals surface area contributed by atoms with Gasteiger partial charge in [0.05, 0.1) is 0 Å². The molecule has 0 bridgehead atoms. The number of aliphatic carboxylic acids is 1. The molecule has 4 heteroatoms. The summed E-state index contributed by atoms with van der Waals surface area (Å²) in [6.45, 7) is 1.85. The smallest absolute Gasteiger partial charge is 0.370 e. The van der Waals surface area contributed by atoms with Gasteiger partial charge in [-0.2, -0.15) is 0 Å².